The molecule has 0 spiro atoms. The van der Waals surface area contributed by atoms with E-state index in [1.165, 1.54) is 0 Å². The van der Waals surface area contributed by atoms with Crippen molar-refractivity contribution in [1.82, 2.24) is 0 Å². The first kappa shape index (κ1) is 23.1. The van der Waals surface area contributed by atoms with Gasteiger partial charge in [-0.25, -0.2) is 0 Å². The summed E-state index contributed by atoms with van der Waals surface area (Å²) in [5, 5.41) is 18.9. The second kappa shape index (κ2) is 10.6. The van der Waals surface area contributed by atoms with Gasteiger partial charge in [0.05, 0.1) is 42.4 Å². The SMILES string of the molecule is CC[C@H](O)C[C@H]1CC[C@@H]([C@@H](C)C(=O)O[C@@H](C)C[C@@H]2CC[C@@H]([C@@H](C)C(=O)O)O2)O1. The minimum absolute atomic E-state index is 0.00710. The molecule has 2 fully saturated rings. The Labute approximate surface area is 167 Å². The molecule has 0 aromatic rings. The zero-order valence-corrected chi connectivity index (χ0v) is 17.5. The van der Waals surface area contributed by atoms with Crippen LogP contribution in [0.3, 0.4) is 0 Å². The number of hydrogen-bond donors (Lipinski definition) is 2. The Morgan fingerprint density at radius 1 is 0.964 bits per heavy atom. The van der Waals surface area contributed by atoms with E-state index in [0.717, 1.165) is 25.7 Å². The average molecular weight is 401 g/mol. The van der Waals surface area contributed by atoms with Crippen LogP contribution < -0.4 is 0 Å². The van der Waals surface area contributed by atoms with E-state index in [-0.39, 0.29) is 48.5 Å². The maximum Gasteiger partial charge on any atom is 0.311 e. The van der Waals surface area contributed by atoms with Gasteiger partial charge in [0.25, 0.3) is 0 Å². The highest BCUT2D eigenvalue weighted by molar-refractivity contribution is 5.73. The molecule has 7 nitrogen and oxygen atoms in total. The zero-order chi connectivity index (χ0) is 20.8. The lowest BCUT2D eigenvalue weighted by Gasteiger charge is -2.23. The number of ether oxygens (including phenoxy) is 3. The average Bonchev–Trinajstić information content (AvgIpc) is 3.29. The van der Waals surface area contributed by atoms with Crippen LogP contribution in [-0.4, -0.2) is 58.8 Å². The fraction of sp³-hybridized carbons (Fsp3) is 0.905. The fourth-order valence-electron chi connectivity index (χ4n) is 4.05. The molecule has 7 heteroatoms. The molecule has 0 aliphatic carbocycles. The van der Waals surface area contributed by atoms with Crippen molar-refractivity contribution in [1.29, 1.82) is 0 Å². The lowest BCUT2D eigenvalue weighted by molar-refractivity contribution is -0.159. The second-order valence-corrected chi connectivity index (χ2v) is 8.44. The molecule has 2 saturated heterocycles. The number of carbonyl (C=O) groups excluding carboxylic acids is 1. The first-order valence-corrected chi connectivity index (χ1v) is 10.6. The molecule has 0 aromatic heterocycles. The smallest absolute Gasteiger partial charge is 0.311 e. The van der Waals surface area contributed by atoms with Gasteiger partial charge in [-0.2, -0.15) is 0 Å². The normalized spacial score (nSPS) is 31.9. The monoisotopic (exact) mass is 400 g/mol. The Balaban J connectivity index is 1.73. The number of aliphatic hydroxyl groups is 1. The Morgan fingerprint density at radius 2 is 1.50 bits per heavy atom. The molecule has 162 valence electrons. The van der Waals surface area contributed by atoms with Gasteiger partial charge >= 0.3 is 11.9 Å². The van der Waals surface area contributed by atoms with Gasteiger partial charge in [0.1, 0.15) is 6.10 Å². The van der Waals surface area contributed by atoms with Gasteiger partial charge in [0.2, 0.25) is 0 Å². The maximum absolute atomic E-state index is 12.5. The topological polar surface area (TPSA) is 102 Å². The van der Waals surface area contributed by atoms with Gasteiger partial charge in [-0.15, -0.1) is 0 Å². The van der Waals surface area contributed by atoms with Gasteiger partial charge in [-0.3, -0.25) is 9.59 Å². The molecule has 2 rings (SSSR count). The van der Waals surface area contributed by atoms with Crippen molar-refractivity contribution in [2.24, 2.45) is 11.8 Å². The Kier molecular flexibility index (Phi) is 8.71. The van der Waals surface area contributed by atoms with Crippen molar-refractivity contribution >= 4 is 11.9 Å². The Hall–Kier alpha value is -1.18. The molecule has 0 radical (unpaired) electrons. The molecule has 0 bridgehead atoms. The van der Waals surface area contributed by atoms with E-state index < -0.39 is 11.9 Å². The second-order valence-electron chi connectivity index (χ2n) is 8.44. The Morgan fingerprint density at radius 3 is 2.04 bits per heavy atom. The van der Waals surface area contributed by atoms with Crippen molar-refractivity contribution in [3.8, 4) is 0 Å². The third-order valence-electron chi connectivity index (χ3n) is 6.08. The maximum atomic E-state index is 12.5. The Bertz CT molecular complexity index is 523. The minimum Gasteiger partial charge on any atom is -0.481 e. The van der Waals surface area contributed by atoms with E-state index >= 15 is 0 Å². The number of aliphatic hydroxyl groups excluding tert-OH is 1. The molecular weight excluding hydrogens is 364 g/mol. The van der Waals surface area contributed by atoms with Crippen molar-refractivity contribution in [2.45, 2.75) is 109 Å². The lowest BCUT2D eigenvalue weighted by atomic mass is 10.0. The number of aliphatic carboxylic acids is 1. The molecule has 0 amide bonds. The highest BCUT2D eigenvalue weighted by Gasteiger charge is 2.36. The molecule has 8 atom stereocenters. The van der Waals surface area contributed by atoms with Crippen molar-refractivity contribution in [3.63, 3.8) is 0 Å². The summed E-state index contributed by atoms with van der Waals surface area (Å²) in [4.78, 5) is 23.6. The number of carboxylic acids is 1. The van der Waals surface area contributed by atoms with E-state index in [9.17, 15) is 14.7 Å². The molecular formula is C21H36O7. The molecule has 0 saturated carbocycles. The zero-order valence-electron chi connectivity index (χ0n) is 17.5. The van der Waals surface area contributed by atoms with Crippen LogP contribution in [0.2, 0.25) is 0 Å². The minimum atomic E-state index is -0.847. The van der Waals surface area contributed by atoms with Crippen molar-refractivity contribution < 1.29 is 34.0 Å². The van der Waals surface area contributed by atoms with Crippen LogP contribution in [0.4, 0.5) is 0 Å². The lowest BCUT2D eigenvalue weighted by Crippen LogP contribution is -2.32. The summed E-state index contributed by atoms with van der Waals surface area (Å²) in [6.07, 6.45) is 3.88. The highest BCUT2D eigenvalue weighted by atomic mass is 16.6. The first-order chi connectivity index (χ1) is 13.2. The molecule has 2 heterocycles. The van der Waals surface area contributed by atoms with Crippen LogP contribution >= 0.6 is 0 Å². The fourth-order valence-corrected chi connectivity index (χ4v) is 4.05. The predicted molar refractivity (Wildman–Crippen MR) is 103 cm³/mol. The van der Waals surface area contributed by atoms with E-state index in [0.29, 0.717) is 19.3 Å². The summed E-state index contributed by atoms with van der Waals surface area (Å²) in [7, 11) is 0. The van der Waals surface area contributed by atoms with Gasteiger partial charge < -0.3 is 24.4 Å². The third-order valence-corrected chi connectivity index (χ3v) is 6.08. The molecule has 2 aliphatic rings. The van der Waals surface area contributed by atoms with E-state index in [1.807, 2.05) is 20.8 Å². The van der Waals surface area contributed by atoms with Gasteiger partial charge in [-0.05, 0) is 59.3 Å². The van der Waals surface area contributed by atoms with Gasteiger partial charge in [-0.1, -0.05) is 6.92 Å². The van der Waals surface area contributed by atoms with Crippen LogP contribution in [0.25, 0.3) is 0 Å². The number of esters is 1. The summed E-state index contributed by atoms with van der Waals surface area (Å²) in [6, 6.07) is 0. The molecule has 2 N–H and O–H groups in total. The molecule has 2 aliphatic heterocycles. The van der Waals surface area contributed by atoms with Gasteiger partial charge in [0, 0.05) is 6.42 Å². The summed E-state index contributed by atoms with van der Waals surface area (Å²) >= 11 is 0. The van der Waals surface area contributed by atoms with Crippen LogP contribution in [0, 0.1) is 11.8 Å². The standard InChI is InChI=1S/C21H36O7/c1-5-15(22)11-17-7-9-19(28-17)14(4)21(25)26-12(2)10-16-6-8-18(27-16)13(3)20(23)24/h12-19,22H,5-11H2,1-4H3,(H,23,24)/t12-,13+,14+,15-,16-,17+,18-,19-/m0/s1. The van der Waals surface area contributed by atoms with Gasteiger partial charge in [0.15, 0.2) is 0 Å². The largest absolute Gasteiger partial charge is 0.481 e. The summed E-state index contributed by atoms with van der Waals surface area (Å²) < 4.78 is 17.4. The number of hydrogen-bond acceptors (Lipinski definition) is 6. The predicted octanol–water partition coefficient (Wildman–Crippen LogP) is 2.92. The van der Waals surface area contributed by atoms with E-state index in [4.69, 9.17) is 19.3 Å². The van der Waals surface area contributed by atoms with E-state index in [2.05, 4.69) is 0 Å². The summed E-state index contributed by atoms with van der Waals surface area (Å²) in [5.41, 5.74) is 0. The van der Waals surface area contributed by atoms with E-state index in [1.54, 1.807) is 6.92 Å². The van der Waals surface area contributed by atoms with Crippen LogP contribution in [-0.2, 0) is 23.8 Å². The molecule has 28 heavy (non-hydrogen) atoms. The third kappa shape index (κ3) is 6.42. The van der Waals surface area contributed by atoms with Crippen molar-refractivity contribution in [2.75, 3.05) is 0 Å². The number of carbonyl (C=O) groups is 2. The van der Waals surface area contributed by atoms with Crippen LogP contribution in [0.1, 0.15) is 72.6 Å². The van der Waals surface area contributed by atoms with Crippen LogP contribution in [0.5, 0.6) is 0 Å². The highest BCUT2D eigenvalue weighted by Crippen LogP contribution is 2.31. The number of carboxylic acid groups (broad SMARTS) is 1. The molecule has 0 aromatic carbocycles. The quantitative estimate of drug-likeness (QED) is 0.544. The summed E-state index contributed by atoms with van der Waals surface area (Å²) in [5.74, 6) is -2.00. The number of rotatable bonds is 10. The first-order valence-electron chi connectivity index (χ1n) is 10.6. The molecule has 0 unspecified atom stereocenters. The summed E-state index contributed by atoms with van der Waals surface area (Å²) in [6.45, 7) is 7.28. The van der Waals surface area contributed by atoms with Crippen molar-refractivity contribution in [3.05, 3.63) is 0 Å². The van der Waals surface area contributed by atoms with Crippen LogP contribution in [0.15, 0.2) is 0 Å².